The predicted molar refractivity (Wildman–Crippen MR) is 116 cm³/mol. The number of hydrogen-bond acceptors (Lipinski definition) is 6. The van der Waals surface area contributed by atoms with Crippen LogP contribution in [0.4, 0.5) is 5.69 Å². The molecule has 0 bridgehead atoms. The Balaban J connectivity index is 1.61. The lowest BCUT2D eigenvalue weighted by Crippen LogP contribution is -2.31. The maximum absolute atomic E-state index is 13.3. The fraction of sp³-hybridized carbons (Fsp3) is 0.286. The van der Waals surface area contributed by atoms with Gasteiger partial charge in [0.15, 0.2) is 0 Å². The molecule has 0 aliphatic carbocycles. The Kier molecular flexibility index (Phi) is 5.83. The summed E-state index contributed by atoms with van der Waals surface area (Å²) in [4.78, 5) is 15.8. The molecule has 0 saturated carbocycles. The number of benzene rings is 2. The number of carbonyl (C=O) groups excluding carboxylic acids is 1. The number of anilines is 1. The van der Waals surface area contributed by atoms with Crippen molar-refractivity contribution in [2.45, 2.75) is 37.6 Å². The molecule has 1 N–H and O–H groups in total. The second kappa shape index (κ2) is 8.41. The normalized spacial score (nSPS) is 17.1. The first kappa shape index (κ1) is 21.5. The molecule has 1 atom stereocenters. The lowest BCUT2D eigenvalue weighted by molar-refractivity contribution is -0.114. The summed E-state index contributed by atoms with van der Waals surface area (Å²) in [7, 11) is -3.86. The van der Waals surface area contributed by atoms with Crippen molar-refractivity contribution >= 4 is 33.2 Å². The van der Waals surface area contributed by atoms with E-state index in [1.807, 2.05) is 31.2 Å². The fourth-order valence-electron chi connectivity index (χ4n) is 3.55. The van der Waals surface area contributed by atoms with Gasteiger partial charge in [0, 0.05) is 19.0 Å². The van der Waals surface area contributed by atoms with E-state index < -0.39 is 16.1 Å². The summed E-state index contributed by atoms with van der Waals surface area (Å²) in [5.41, 5.74) is 2.27. The molecule has 31 heavy (non-hydrogen) atoms. The Labute approximate surface area is 185 Å². The number of sulfonamides is 1. The first-order valence-corrected chi connectivity index (χ1v) is 11.6. The lowest BCUT2D eigenvalue weighted by atomic mass is 10.1. The number of amides is 1. The zero-order valence-electron chi connectivity index (χ0n) is 17.0. The van der Waals surface area contributed by atoms with E-state index in [9.17, 15) is 13.2 Å². The van der Waals surface area contributed by atoms with Crippen LogP contribution in [0.1, 0.15) is 37.3 Å². The van der Waals surface area contributed by atoms with Gasteiger partial charge in [0.2, 0.25) is 27.6 Å². The third kappa shape index (κ3) is 4.34. The van der Waals surface area contributed by atoms with Crippen LogP contribution < -0.4 is 5.32 Å². The maximum Gasteiger partial charge on any atom is 0.245 e. The molecule has 1 aliphatic rings. The van der Waals surface area contributed by atoms with Crippen molar-refractivity contribution in [3.05, 3.63) is 58.9 Å². The second-order valence-electron chi connectivity index (χ2n) is 7.42. The number of aryl methyl sites for hydroxylation is 1. The fourth-order valence-corrected chi connectivity index (χ4v) is 5.52. The summed E-state index contributed by atoms with van der Waals surface area (Å²) < 4.78 is 33.4. The highest BCUT2D eigenvalue weighted by Crippen LogP contribution is 2.37. The summed E-state index contributed by atoms with van der Waals surface area (Å²) in [6.45, 7) is 3.67. The first-order chi connectivity index (χ1) is 14.8. The minimum Gasteiger partial charge on any atom is -0.337 e. The number of aromatic nitrogens is 2. The van der Waals surface area contributed by atoms with E-state index in [2.05, 4.69) is 15.5 Å². The predicted octanol–water partition coefficient (Wildman–Crippen LogP) is 4.18. The standard InChI is InChI=1S/C21H21ClN4O4S/c1-13-5-7-15(8-6-13)20-24-21(30-25-20)19-4-3-11-26(19)31(28,29)16-9-10-18(17(22)12-16)23-14(2)27/h5-10,12,19H,3-4,11H2,1-2H3,(H,23,27)/t19-/m1/s1. The molecule has 0 radical (unpaired) electrons. The molecule has 10 heteroatoms. The lowest BCUT2D eigenvalue weighted by Gasteiger charge is -2.21. The number of rotatable bonds is 5. The van der Waals surface area contributed by atoms with Crippen molar-refractivity contribution in [1.29, 1.82) is 0 Å². The minimum atomic E-state index is -3.86. The van der Waals surface area contributed by atoms with Gasteiger partial charge in [-0.25, -0.2) is 8.42 Å². The van der Waals surface area contributed by atoms with E-state index in [0.717, 1.165) is 11.1 Å². The quantitative estimate of drug-likeness (QED) is 0.612. The average Bonchev–Trinajstić information content (AvgIpc) is 3.39. The third-order valence-corrected chi connectivity index (χ3v) is 7.31. The van der Waals surface area contributed by atoms with Gasteiger partial charge in [0.25, 0.3) is 0 Å². The summed E-state index contributed by atoms with van der Waals surface area (Å²) in [6.07, 6.45) is 1.25. The SMILES string of the molecule is CC(=O)Nc1ccc(S(=O)(=O)N2CCC[C@@H]2c2nc(-c3ccc(C)cc3)no2)cc1Cl. The average molecular weight is 461 g/mol. The Morgan fingerprint density at radius 2 is 1.97 bits per heavy atom. The molecule has 4 rings (SSSR count). The highest BCUT2D eigenvalue weighted by Gasteiger charge is 2.39. The van der Waals surface area contributed by atoms with Crippen molar-refractivity contribution in [3.63, 3.8) is 0 Å². The summed E-state index contributed by atoms with van der Waals surface area (Å²) in [5, 5.41) is 6.74. The molecular weight excluding hydrogens is 440 g/mol. The highest BCUT2D eigenvalue weighted by molar-refractivity contribution is 7.89. The van der Waals surface area contributed by atoms with Crippen molar-refractivity contribution in [2.75, 3.05) is 11.9 Å². The molecule has 2 heterocycles. The molecule has 162 valence electrons. The van der Waals surface area contributed by atoms with Gasteiger partial charge in [0.1, 0.15) is 6.04 Å². The molecule has 1 aliphatic heterocycles. The highest BCUT2D eigenvalue weighted by atomic mass is 35.5. The molecular formula is C21H21ClN4O4S. The molecule has 1 aromatic heterocycles. The van der Waals surface area contributed by atoms with Crippen LogP contribution in [0.3, 0.4) is 0 Å². The van der Waals surface area contributed by atoms with Gasteiger partial charge in [0.05, 0.1) is 15.6 Å². The van der Waals surface area contributed by atoms with Gasteiger partial charge >= 0.3 is 0 Å². The molecule has 1 fully saturated rings. The number of carbonyl (C=O) groups is 1. The topological polar surface area (TPSA) is 105 Å². The van der Waals surface area contributed by atoms with E-state index in [0.29, 0.717) is 30.9 Å². The van der Waals surface area contributed by atoms with Crippen LogP contribution >= 0.6 is 11.6 Å². The van der Waals surface area contributed by atoms with Crippen molar-refractivity contribution in [3.8, 4) is 11.4 Å². The molecule has 8 nitrogen and oxygen atoms in total. The number of nitrogens with one attached hydrogen (secondary N) is 1. The molecule has 3 aromatic rings. The smallest absolute Gasteiger partial charge is 0.245 e. The van der Waals surface area contributed by atoms with E-state index >= 15 is 0 Å². The Morgan fingerprint density at radius 1 is 1.23 bits per heavy atom. The van der Waals surface area contributed by atoms with Crippen LogP contribution in [0.25, 0.3) is 11.4 Å². The zero-order valence-corrected chi connectivity index (χ0v) is 18.6. The van der Waals surface area contributed by atoms with Crippen LogP contribution in [0.5, 0.6) is 0 Å². The van der Waals surface area contributed by atoms with E-state index in [1.165, 1.54) is 29.4 Å². The van der Waals surface area contributed by atoms with Crippen LogP contribution in [0.2, 0.25) is 5.02 Å². The summed E-state index contributed by atoms with van der Waals surface area (Å²) >= 11 is 6.18. The minimum absolute atomic E-state index is 0.0387. The number of nitrogens with zero attached hydrogens (tertiary/aromatic N) is 3. The van der Waals surface area contributed by atoms with Gasteiger partial charge in [-0.3, -0.25) is 4.79 Å². The van der Waals surface area contributed by atoms with Crippen molar-refractivity contribution in [1.82, 2.24) is 14.4 Å². The van der Waals surface area contributed by atoms with E-state index in [4.69, 9.17) is 16.1 Å². The van der Waals surface area contributed by atoms with E-state index in [-0.39, 0.29) is 21.7 Å². The van der Waals surface area contributed by atoms with Crippen LogP contribution in [-0.4, -0.2) is 35.3 Å². The Hall–Kier alpha value is -2.75. The van der Waals surface area contributed by atoms with Crippen LogP contribution in [0.15, 0.2) is 51.9 Å². The van der Waals surface area contributed by atoms with Gasteiger partial charge < -0.3 is 9.84 Å². The number of halogens is 1. The molecule has 0 spiro atoms. The monoisotopic (exact) mass is 460 g/mol. The Morgan fingerprint density at radius 3 is 2.65 bits per heavy atom. The maximum atomic E-state index is 13.3. The molecule has 0 unspecified atom stereocenters. The van der Waals surface area contributed by atoms with Gasteiger partial charge in [-0.1, -0.05) is 46.6 Å². The second-order valence-corrected chi connectivity index (χ2v) is 9.72. The summed E-state index contributed by atoms with van der Waals surface area (Å²) in [5.74, 6) is 0.387. The van der Waals surface area contributed by atoms with Gasteiger partial charge in [-0.15, -0.1) is 0 Å². The van der Waals surface area contributed by atoms with Crippen LogP contribution in [-0.2, 0) is 14.8 Å². The van der Waals surface area contributed by atoms with Gasteiger partial charge in [-0.2, -0.15) is 9.29 Å². The van der Waals surface area contributed by atoms with Crippen molar-refractivity contribution < 1.29 is 17.7 Å². The molecule has 1 amide bonds. The first-order valence-electron chi connectivity index (χ1n) is 9.75. The molecule has 1 saturated heterocycles. The molecule has 2 aromatic carbocycles. The summed E-state index contributed by atoms with van der Waals surface area (Å²) in [6, 6.07) is 11.4. The number of hydrogen-bond donors (Lipinski definition) is 1. The van der Waals surface area contributed by atoms with E-state index in [1.54, 1.807) is 0 Å². The third-order valence-electron chi connectivity index (χ3n) is 5.10. The van der Waals surface area contributed by atoms with Gasteiger partial charge in [-0.05, 0) is 38.0 Å². The zero-order chi connectivity index (χ0) is 22.2. The van der Waals surface area contributed by atoms with Crippen LogP contribution in [0, 0.1) is 6.92 Å². The largest absolute Gasteiger partial charge is 0.337 e. The van der Waals surface area contributed by atoms with Crippen molar-refractivity contribution in [2.24, 2.45) is 0 Å². The Bertz CT molecular complexity index is 1220.